The van der Waals surface area contributed by atoms with Crippen molar-refractivity contribution in [3.8, 4) is 0 Å². The Bertz CT molecular complexity index is 355. The van der Waals surface area contributed by atoms with Gasteiger partial charge in [-0.3, -0.25) is 4.79 Å². The van der Waals surface area contributed by atoms with Gasteiger partial charge in [0.1, 0.15) is 0 Å². The van der Waals surface area contributed by atoms with Gasteiger partial charge >= 0.3 is 5.97 Å². The van der Waals surface area contributed by atoms with E-state index in [1.807, 2.05) is 37.5 Å². The van der Waals surface area contributed by atoms with Crippen LogP contribution in [0.1, 0.15) is 18.9 Å². The van der Waals surface area contributed by atoms with Gasteiger partial charge in [-0.05, 0) is 30.9 Å². The lowest BCUT2D eigenvalue weighted by Crippen LogP contribution is -2.01. The van der Waals surface area contributed by atoms with Crippen LogP contribution < -0.4 is 0 Å². The second kappa shape index (κ2) is 7.12. The van der Waals surface area contributed by atoms with Crippen molar-refractivity contribution < 1.29 is 9.53 Å². The third kappa shape index (κ3) is 4.53. The molecule has 0 atom stereocenters. The summed E-state index contributed by atoms with van der Waals surface area (Å²) in [5.74, 6) is -0.181. The molecule has 0 aliphatic carbocycles. The first-order valence-corrected chi connectivity index (χ1v) is 6.45. The summed E-state index contributed by atoms with van der Waals surface area (Å²) in [6.45, 7) is 2.25. The summed E-state index contributed by atoms with van der Waals surface area (Å²) < 4.78 is 4.82. The molecule has 1 rings (SSSR count). The van der Waals surface area contributed by atoms with Crippen molar-refractivity contribution in [2.45, 2.75) is 18.2 Å². The molecule has 0 spiro atoms. The van der Waals surface area contributed by atoms with Crippen molar-refractivity contribution in [1.82, 2.24) is 0 Å². The van der Waals surface area contributed by atoms with Gasteiger partial charge in [0, 0.05) is 4.90 Å². The Hall–Kier alpha value is -1.22. The molecule has 1 aromatic carbocycles. The summed E-state index contributed by atoms with van der Waals surface area (Å²) in [5, 5.41) is 0. The van der Waals surface area contributed by atoms with Gasteiger partial charge < -0.3 is 4.74 Å². The topological polar surface area (TPSA) is 26.3 Å². The van der Waals surface area contributed by atoms with Crippen molar-refractivity contribution in [2.24, 2.45) is 0 Å². The quantitative estimate of drug-likeness (QED) is 0.579. The molecule has 16 heavy (non-hydrogen) atoms. The van der Waals surface area contributed by atoms with E-state index in [4.69, 9.17) is 4.74 Å². The predicted molar refractivity (Wildman–Crippen MR) is 68.5 cm³/mol. The highest BCUT2D eigenvalue weighted by Gasteiger charge is 1.96. The first-order chi connectivity index (χ1) is 7.76. The third-order valence-electron chi connectivity index (χ3n) is 2.02. The third-order valence-corrected chi connectivity index (χ3v) is 2.76. The van der Waals surface area contributed by atoms with E-state index in [0.29, 0.717) is 13.0 Å². The van der Waals surface area contributed by atoms with Gasteiger partial charge in [0.05, 0.1) is 13.0 Å². The maximum atomic E-state index is 11.1. The predicted octanol–water partition coefficient (Wildman–Crippen LogP) is 3.37. The van der Waals surface area contributed by atoms with Gasteiger partial charge in [0.25, 0.3) is 0 Å². The molecule has 3 heteroatoms. The van der Waals surface area contributed by atoms with Gasteiger partial charge in [-0.1, -0.05) is 24.3 Å². The van der Waals surface area contributed by atoms with Crippen molar-refractivity contribution in [1.29, 1.82) is 0 Å². The molecule has 0 amide bonds. The van der Waals surface area contributed by atoms with Gasteiger partial charge in [-0.25, -0.2) is 0 Å². The number of carbonyl (C=O) groups is 1. The maximum Gasteiger partial charge on any atom is 0.309 e. The summed E-state index contributed by atoms with van der Waals surface area (Å²) in [4.78, 5) is 12.3. The first-order valence-electron chi connectivity index (χ1n) is 5.22. The molecule has 0 saturated heterocycles. The maximum absolute atomic E-state index is 11.1. The van der Waals surface area contributed by atoms with Gasteiger partial charge in [0.2, 0.25) is 0 Å². The number of esters is 1. The molecule has 0 N–H and O–H groups in total. The van der Waals surface area contributed by atoms with Crippen LogP contribution in [0.25, 0.3) is 6.08 Å². The molecule has 0 aromatic heterocycles. The minimum atomic E-state index is -0.181. The van der Waals surface area contributed by atoms with Crippen molar-refractivity contribution in [3.63, 3.8) is 0 Å². The number of hydrogen-bond donors (Lipinski definition) is 0. The molecule has 0 heterocycles. The van der Waals surface area contributed by atoms with Crippen LogP contribution in [0.2, 0.25) is 0 Å². The Morgan fingerprint density at radius 3 is 2.62 bits per heavy atom. The van der Waals surface area contributed by atoms with E-state index < -0.39 is 0 Å². The molecule has 0 unspecified atom stereocenters. The van der Waals surface area contributed by atoms with Crippen LogP contribution in [-0.2, 0) is 9.53 Å². The molecular formula is C13H16O2S. The van der Waals surface area contributed by atoms with Crippen molar-refractivity contribution >= 4 is 23.8 Å². The Kier molecular flexibility index (Phi) is 5.72. The Labute approximate surface area is 101 Å². The lowest BCUT2D eigenvalue weighted by Gasteiger charge is -1.98. The van der Waals surface area contributed by atoms with E-state index in [2.05, 4.69) is 12.1 Å². The number of benzene rings is 1. The average molecular weight is 236 g/mol. The normalized spacial score (nSPS) is 10.6. The second-order valence-electron chi connectivity index (χ2n) is 3.18. The fourth-order valence-corrected chi connectivity index (χ4v) is 1.63. The average Bonchev–Trinajstić information content (AvgIpc) is 2.30. The zero-order valence-corrected chi connectivity index (χ0v) is 10.4. The van der Waals surface area contributed by atoms with E-state index in [-0.39, 0.29) is 5.97 Å². The van der Waals surface area contributed by atoms with Gasteiger partial charge in [-0.2, -0.15) is 0 Å². The van der Waals surface area contributed by atoms with Gasteiger partial charge in [0.15, 0.2) is 0 Å². The highest BCUT2D eigenvalue weighted by atomic mass is 32.2. The monoisotopic (exact) mass is 236 g/mol. The van der Waals surface area contributed by atoms with E-state index in [9.17, 15) is 4.79 Å². The minimum Gasteiger partial charge on any atom is -0.466 e. The molecule has 86 valence electrons. The summed E-state index contributed by atoms with van der Waals surface area (Å²) in [6.07, 6.45) is 6.14. The molecule has 1 aromatic rings. The largest absolute Gasteiger partial charge is 0.466 e. The first kappa shape index (κ1) is 12.8. The van der Waals surface area contributed by atoms with Crippen LogP contribution >= 0.6 is 11.8 Å². The highest BCUT2D eigenvalue weighted by molar-refractivity contribution is 7.98. The second-order valence-corrected chi connectivity index (χ2v) is 4.06. The fraction of sp³-hybridized carbons (Fsp3) is 0.308. The summed E-state index contributed by atoms with van der Waals surface area (Å²) >= 11 is 1.71. The van der Waals surface area contributed by atoms with Crippen LogP contribution in [0.15, 0.2) is 35.2 Å². The molecule has 0 aliphatic heterocycles. The van der Waals surface area contributed by atoms with E-state index in [1.54, 1.807) is 11.8 Å². The number of ether oxygens (including phenoxy) is 1. The zero-order valence-electron chi connectivity index (χ0n) is 9.60. The van der Waals surface area contributed by atoms with E-state index in [0.717, 1.165) is 5.56 Å². The number of hydrogen-bond acceptors (Lipinski definition) is 3. The molecular weight excluding hydrogens is 220 g/mol. The molecule has 0 radical (unpaired) electrons. The van der Waals surface area contributed by atoms with Crippen LogP contribution in [0.3, 0.4) is 0 Å². The van der Waals surface area contributed by atoms with Crippen molar-refractivity contribution in [3.05, 3.63) is 35.9 Å². The smallest absolute Gasteiger partial charge is 0.309 e. The lowest BCUT2D eigenvalue weighted by atomic mass is 10.2. The van der Waals surface area contributed by atoms with E-state index in [1.165, 1.54) is 4.90 Å². The van der Waals surface area contributed by atoms with Crippen molar-refractivity contribution in [2.75, 3.05) is 12.9 Å². The van der Waals surface area contributed by atoms with Gasteiger partial charge in [-0.15, -0.1) is 11.8 Å². The minimum absolute atomic E-state index is 0.181. The van der Waals surface area contributed by atoms with Crippen LogP contribution in [0.5, 0.6) is 0 Å². The van der Waals surface area contributed by atoms with Crippen LogP contribution in [0, 0.1) is 0 Å². The zero-order chi connectivity index (χ0) is 11.8. The number of thioether (sulfide) groups is 1. The molecule has 2 nitrogen and oxygen atoms in total. The van der Waals surface area contributed by atoms with Crippen LogP contribution in [-0.4, -0.2) is 18.8 Å². The highest BCUT2D eigenvalue weighted by Crippen LogP contribution is 2.15. The number of rotatable bonds is 5. The molecule has 0 aliphatic rings. The standard InChI is InChI=1S/C13H16O2S/c1-3-15-13(14)6-4-5-11-7-9-12(16-2)10-8-11/h4-5,7-10H,3,6H2,1-2H3. The molecule has 0 fully saturated rings. The lowest BCUT2D eigenvalue weighted by molar-refractivity contribution is -0.142. The molecule has 0 saturated carbocycles. The molecule has 0 bridgehead atoms. The fourth-order valence-electron chi connectivity index (χ4n) is 1.23. The Morgan fingerprint density at radius 1 is 1.38 bits per heavy atom. The summed E-state index contributed by atoms with van der Waals surface area (Å²) in [5.41, 5.74) is 1.10. The van der Waals surface area contributed by atoms with E-state index >= 15 is 0 Å². The van der Waals surface area contributed by atoms with Crippen LogP contribution in [0.4, 0.5) is 0 Å². The summed E-state index contributed by atoms with van der Waals surface area (Å²) in [7, 11) is 0. The number of carbonyl (C=O) groups excluding carboxylic acids is 1. The summed E-state index contributed by atoms with van der Waals surface area (Å²) in [6, 6.07) is 8.20. The Balaban J connectivity index is 2.46. The SMILES string of the molecule is CCOC(=O)CC=Cc1ccc(SC)cc1. The Morgan fingerprint density at radius 2 is 2.06 bits per heavy atom.